The maximum Gasteiger partial charge on any atom is 0.225 e. The van der Waals surface area contributed by atoms with Gasteiger partial charge in [-0.2, -0.15) is 0 Å². The number of carbonyl (C=O) groups excluding carboxylic acids is 1. The van der Waals surface area contributed by atoms with Gasteiger partial charge < -0.3 is 15.1 Å². The second-order valence-corrected chi connectivity index (χ2v) is 9.60. The molecule has 7 nitrogen and oxygen atoms in total. The predicted molar refractivity (Wildman–Crippen MR) is 134 cm³/mol. The van der Waals surface area contributed by atoms with Crippen LogP contribution in [0.4, 0.5) is 11.6 Å². The molecule has 178 valence electrons. The largest absolute Gasteiger partial charge is 0.369 e. The molecule has 1 aromatic heterocycles. The Kier molecular flexibility index (Phi) is 8.04. The molecule has 0 radical (unpaired) electrons. The molecule has 3 heterocycles. The molecule has 0 bridgehead atoms. The molecule has 1 amide bonds. The second kappa shape index (κ2) is 11.2. The van der Waals surface area contributed by atoms with Crippen molar-refractivity contribution in [1.82, 2.24) is 20.2 Å². The zero-order valence-electron chi connectivity index (χ0n) is 19.8. The van der Waals surface area contributed by atoms with Gasteiger partial charge in [0.15, 0.2) is 0 Å². The highest BCUT2D eigenvalue weighted by Gasteiger charge is 2.26. The highest BCUT2D eigenvalue weighted by atomic mass is 35.5. The van der Waals surface area contributed by atoms with Gasteiger partial charge in [-0.1, -0.05) is 17.7 Å². The summed E-state index contributed by atoms with van der Waals surface area (Å²) in [6, 6.07) is 8.02. The standard InChI is InChI=1S/C25H35ClN6O/c1-19-4-5-22(26)18-23(19)31-16-14-30(15-17-31)11-3-9-27-24(33)21-7-12-32(13-8-21)25-28-10-6-20(2)29-25/h4-6,10,18,21H,3,7-9,11-17H2,1-2H3,(H,27,33). The number of benzene rings is 1. The monoisotopic (exact) mass is 470 g/mol. The highest BCUT2D eigenvalue weighted by Crippen LogP contribution is 2.25. The lowest BCUT2D eigenvalue weighted by molar-refractivity contribution is -0.125. The third-order valence-electron chi connectivity index (χ3n) is 6.77. The van der Waals surface area contributed by atoms with Gasteiger partial charge in [0.2, 0.25) is 11.9 Å². The number of hydrogen-bond acceptors (Lipinski definition) is 6. The van der Waals surface area contributed by atoms with Crippen LogP contribution in [0.2, 0.25) is 5.02 Å². The summed E-state index contributed by atoms with van der Waals surface area (Å²) in [5.74, 6) is 1.07. The third kappa shape index (κ3) is 6.36. The van der Waals surface area contributed by atoms with Gasteiger partial charge in [0.1, 0.15) is 0 Å². The zero-order chi connectivity index (χ0) is 23.2. The van der Waals surface area contributed by atoms with E-state index in [2.05, 4.69) is 49.0 Å². The molecule has 2 aliphatic rings. The Morgan fingerprint density at radius 3 is 2.55 bits per heavy atom. The van der Waals surface area contributed by atoms with Crippen LogP contribution in [0.15, 0.2) is 30.5 Å². The molecule has 2 fully saturated rings. The van der Waals surface area contributed by atoms with Crippen molar-refractivity contribution in [3.05, 3.63) is 46.7 Å². The first-order chi connectivity index (χ1) is 16.0. The molecule has 2 aromatic rings. The van der Waals surface area contributed by atoms with Gasteiger partial charge in [0.05, 0.1) is 0 Å². The number of anilines is 2. The Balaban J connectivity index is 1.12. The van der Waals surface area contributed by atoms with E-state index in [1.807, 2.05) is 19.1 Å². The van der Waals surface area contributed by atoms with Crippen LogP contribution in [0.25, 0.3) is 0 Å². The van der Waals surface area contributed by atoms with E-state index in [1.165, 1.54) is 11.3 Å². The molecule has 0 atom stereocenters. The number of rotatable bonds is 7. The van der Waals surface area contributed by atoms with E-state index in [-0.39, 0.29) is 11.8 Å². The van der Waals surface area contributed by atoms with Crippen molar-refractivity contribution in [3.63, 3.8) is 0 Å². The molecule has 4 rings (SSSR count). The maximum atomic E-state index is 12.6. The lowest BCUT2D eigenvalue weighted by Gasteiger charge is -2.37. The van der Waals surface area contributed by atoms with Crippen molar-refractivity contribution in [3.8, 4) is 0 Å². The summed E-state index contributed by atoms with van der Waals surface area (Å²) in [5, 5.41) is 3.96. The van der Waals surface area contributed by atoms with Crippen LogP contribution < -0.4 is 15.1 Å². The van der Waals surface area contributed by atoms with Crippen molar-refractivity contribution in [2.75, 3.05) is 62.2 Å². The molecule has 33 heavy (non-hydrogen) atoms. The molecule has 8 heteroatoms. The summed E-state index contributed by atoms with van der Waals surface area (Å²) in [7, 11) is 0. The fourth-order valence-corrected chi connectivity index (χ4v) is 4.89. The van der Waals surface area contributed by atoms with E-state index in [0.717, 1.165) is 88.3 Å². The van der Waals surface area contributed by atoms with Crippen LogP contribution in [0.5, 0.6) is 0 Å². The molecular weight excluding hydrogens is 436 g/mol. The summed E-state index contributed by atoms with van der Waals surface area (Å²) in [6.07, 6.45) is 4.49. The average molecular weight is 471 g/mol. The molecular formula is C25H35ClN6O. The highest BCUT2D eigenvalue weighted by molar-refractivity contribution is 6.30. The first kappa shape index (κ1) is 23.8. The molecule has 0 spiro atoms. The van der Waals surface area contributed by atoms with Crippen LogP contribution in [0, 0.1) is 19.8 Å². The first-order valence-corrected chi connectivity index (χ1v) is 12.4. The van der Waals surface area contributed by atoms with Crippen LogP contribution in [0.1, 0.15) is 30.5 Å². The number of amides is 1. The van der Waals surface area contributed by atoms with Crippen molar-refractivity contribution in [2.24, 2.45) is 5.92 Å². The zero-order valence-corrected chi connectivity index (χ0v) is 20.5. The third-order valence-corrected chi connectivity index (χ3v) is 7.00. The number of hydrogen-bond donors (Lipinski definition) is 1. The van der Waals surface area contributed by atoms with Gasteiger partial charge in [-0.15, -0.1) is 0 Å². The number of carbonyl (C=O) groups is 1. The van der Waals surface area contributed by atoms with Crippen molar-refractivity contribution in [1.29, 1.82) is 0 Å². The van der Waals surface area contributed by atoms with E-state index in [4.69, 9.17) is 11.6 Å². The van der Waals surface area contributed by atoms with Gasteiger partial charge in [0.25, 0.3) is 0 Å². The van der Waals surface area contributed by atoms with E-state index >= 15 is 0 Å². The molecule has 0 saturated carbocycles. The Morgan fingerprint density at radius 1 is 1.06 bits per heavy atom. The molecule has 2 aliphatic heterocycles. The minimum atomic E-state index is 0.0931. The lowest BCUT2D eigenvalue weighted by Crippen LogP contribution is -2.47. The number of piperazine rings is 1. The van der Waals surface area contributed by atoms with E-state index < -0.39 is 0 Å². The Bertz CT molecular complexity index is 938. The summed E-state index contributed by atoms with van der Waals surface area (Å²) in [4.78, 5) is 28.6. The SMILES string of the molecule is Cc1ccnc(N2CCC(C(=O)NCCCN3CCN(c4cc(Cl)ccc4C)CC3)CC2)n1. The minimum absolute atomic E-state index is 0.0931. The molecule has 1 aromatic carbocycles. The molecule has 0 aliphatic carbocycles. The Hall–Kier alpha value is -2.38. The lowest BCUT2D eigenvalue weighted by atomic mass is 9.96. The first-order valence-electron chi connectivity index (χ1n) is 12.1. The van der Waals surface area contributed by atoms with E-state index in [1.54, 1.807) is 6.20 Å². The van der Waals surface area contributed by atoms with Gasteiger partial charge in [-0.3, -0.25) is 9.69 Å². The number of aryl methyl sites for hydroxylation is 2. The predicted octanol–water partition coefficient (Wildman–Crippen LogP) is 3.29. The van der Waals surface area contributed by atoms with Crippen LogP contribution >= 0.6 is 11.6 Å². The number of nitrogens with one attached hydrogen (secondary N) is 1. The average Bonchev–Trinajstić information content (AvgIpc) is 2.84. The Labute approximate surface area is 202 Å². The smallest absolute Gasteiger partial charge is 0.225 e. The van der Waals surface area contributed by atoms with Gasteiger partial charge >= 0.3 is 0 Å². The van der Waals surface area contributed by atoms with E-state index in [9.17, 15) is 4.79 Å². The maximum absolute atomic E-state index is 12.6. The molecule has 2 saturated heterocycles. The number of aromatic nitrogens is 2. The van der Waals surface area contributed by atoms with Crippen LogP contribution in [-0.4, -0.2) is 73.1 Å². The van der Waals surface area contributed by atoms with E-state index in [0.29, 0.717) is 0 Å². The normalized spacial score (nSPS) is 17.9. The fourth-order valence-electron chi connectivity index (χ4n) is 4.72. The van der Waals surface area contributed by atoms with Gasteiger partial charge in [-0.25, -0.2) is 9.97 Å². The summed E-state index contributed by atoms with van der Waals surface area (Å²) < 4.78 is 0. The minimum Gasteiger partial charge on any atom is -0.369 e. The molecule has 1 N–H and O–H groups in total. The van der Waals surface area contributed by atoms with Crippen molar-refractivity contribution < 1.29 is 4.79 Å². The van der Waals surface area contributed by atoms with Crippen LogP contribution in [0.3, 0.4) is 0 Å². The Morgan fingerprint density at radius 2 is 1.82 bits per heavy atom. The van der Waals surface area contributed by atoms with Crippen LogP contribution in [-0.2, 0) is 4.79 Å². The number of halogens is 1. The summed E-state index contributed by atoms with van der Waals surface area (Å²) in [5.41, 5.74) is 3.49. The summed E-state index contributed by atoms with van der Waals surface area (Å²) in [6.45, 7) is 11.6. The fraction of sp³-hybridized carbons (Fsp3) is 0.560. The number of piperidine rings is 1. The van der Waals surface area contributed by atoms with Crippen molar-refractivity contribution >= 4 is 29.1 Å². The van der Waals surface area contributed by atoms with Gasteiger partial charge in [-0.05, 0) is 63.4 Å². The second-order valence-electron chi connectivity index (χ2n) is 9.16. The van der Waals surface area contributed by atoms with Gasteiger partial charge in [0, 0.05) is 74.3 Å². The van der Waals surface area contributed by atoms with Crippen molar-refractivity contribution in [2.45, 2.75) is 33.1 Å². The quantitative estimate of drug-likeness (QED) is 0.626. The number of nitrogens with zero attached hydrogens (tertiary/aromatic N) is 5. The molecule has 0 unspecified atom stereocenters. The summed E-state index contributed by atoms with van der Waals surface area (Å²) >= 11 is 6.19. The topological polar surface area (TPSA) is 64.6 Å².